The number of hydrogen-bond acceptors (Lipinski definition) is 3. The van der Waals surface area contributed by atoms with Crippen molar-refractivity contribution in [2.45, 2.75) is 51.7 Å². The standard InChI is InChI=1S/C9H20N2O2/c1-4-5-6-7(10)9(2,3)13-8(11)12/h7H,4-6,10H2,1-3H3,(H2,11,12). The molecule has 0 aliphatic heterocycles. The SMILES string of the molecule is CCCCC(N)C(C)(C)OC(N)=O. The van der Waals surface area contributed by atoms with Gasteiger partial charge in [0, 0.05) is 6.04 Å². The van der Waals surface area contributed by atoms with Gasteiger partial charge in [-0.05, 0) is 20.3 Å². The predicted octanol–water partition coefficient (Wildman–Crippen LogP) is 1.38. The van der Waals surface area contributed by atoms with Crippen LogP contribution in [-0.4, -0.2) is 17.7 Å². The van der Waals surface area contributed by atoms with Crippen LogP contribution in [0.5, 0.6) is 0 Å². The fraction of sp³-hybridized carbons (Fsp3) is 0.889. The zero-order chi connectivity index (χ0) is 10.5. The summed E-state index contributed by atoms with van der Waals surface area (Å²) in [6.07, 6.45) is 2.20. The molecule has 78 valence electrons. The third kappa shape index (κ3) is 4.72. The first-order valence-electron chi connectivity index (χ1n) is 4.64. The molecular weight excluding hydrogens is 168 g/mol. The molecular formula is C9H20N2O2. The Morgan fingerprint density at radius 2 is 2.08 bits per heavy atom. The van der Waals surface area contributed by atoms with Gasteiger partial charge in [0.15, 0.2) is 0 Å². The second-order valence-electron chi connectivity index (χ2n) is 3.77. The fourth-order valence-electron chi connectivity index (χ4n) is 1.11. The zero-order valence-corrected chi connectivity index (χ0v) is 8.67. The molecule has 0 aliphatic rings. The summed E-state index contributed by atoms with van der Waals surface area (Å²) in [7, 11) is 0. The fourth-order valence-corrected chi connectivity index (χ4v) is 1.11. The van der Waals surface area contributed by atoms with E-state index in [9.17, 15) is 4.79 Å². The third-order valence-electron chi connectivity index (χ3n) is 2.13. The van der Waals surface area contributed by atoms with Crippen LogP contribution in [0.15, 0.2) is 0 Å². The summed E-state index contributed by atoms with van der Waals surface area (Å²) in [4.78, 5) is 10.5. The van der Waals surface area contributed by atoms with Crippen LogP contribution in [0.3, 0.4) is 0 Å². The zero-order valence-electron chi connectivity index (χ0n) is 8.67. The summed E-state index contributed by atoms with van der Waals surface area (Å²) >= 11 is 0. The third-order valence-corrected chi connectivity index (χ3v) is 2.13. The van der Waals surface area contributed by atoms with Crippen molar-refractivity contribution in [3.05, 3.63) is 0 Å². The minimum absolute atomic E-state index is 0.153. The molecule has 1 amide bonds. The number of unbranched alkanes of at least 4 members (excludes halogenated alkanes) is 1. The van der Waals surface area contributed by atoms with Crippen LogP contribution >= 0.6 is 0 Å². The van der Waals surface area contributed by atoms with E-state index in [1.807, 2.05) is 0 Å². The van der Waals surface area contributed by atoms with Crippen molar-refractivity contribution in [1.29, 1.82) is 0 Å². The second-order valence-corrected chi connectivity index (χ2v) is 3.77. The number of primary amides is 1. The summed E-state index contributed by atoms with van der Waals surface area (Å²) in [5.74, 6) is 0. The molecule has 0 rings (SSSR count). The van der Waals surface area contributed by atoms with Gasteiger partial charge in [0.05, 0.1) is 0 Å². The molecule has 0 radical (unpaired) electrons. The normalized spacial score (nSPS) is 13.8. The topological polar surface area (TPSA) is 78.3 Å². The first-order chi connectivity index (χ1) is 5.90. The lowest BCUT2D eigenvalue weighted by Gasteiger charge is -2.30. The molecule has 0 fully saturated rings. The van der Waals surface area contributed by atoms with Gasteiger partial charge in [-0.1, -0.05) is 19.8 Å². The van der Waals surface area contributed by atoms with E-state index in [0.29, 0.717) is 0 Å². The van der Waals surface area contributed by atoms with Crippen molar-refractivity contribution in [2.75, 3.05) is 0 Å². The predicted molar refractivity (Wildman–Crippen MR) is 52.2 cm³/mol. The molecule has 0 saturated heterocycles. The highest BCUT2D eigenvalue weighted by Crippen LogP contribution is 2.17. The first kappa shape index (κ1) is 12.2. The van der Waals surface area contributed by atoms with E-state index < -0.39 is 11.7 Å². The molecule has 0 heterocycles. The van der Waals surface area contributed by atoms with E-state index in [0.717, 1.165) is 19.3 Å². The molecule has 1 unspecified atom stereocenters. The molecule has 4 heteroatoms. The van der Waals surface area contributed by atoms with Gasteiger partial charge < -0.3 is 16.2 Å². The van der Waals surface area contributed by atoms with Gasteiger partial charge in [-0.3, -0.25) is 0 Å². The lowest BCUT2D eigenvalue weighted by Crippen LogP contribution is -2.47. The van der Waals surface area contributed by atoms with Gasteiger partial charge in [-0.2, -0.15) is 0 Å². The van der Waals surface area contributed by atoms with Gasteiger partial charge in [0.1, 0.15) is 5.60 Å². The Kier molecular flexibility index (Phi) is 4.77. The van der Waals surface area contributed by atoms with E-state index in [1.165, 1.54) is 0 Å². The van der Waals surface area contributed by atoms with Crippen molar-refractivity contribution in [3.8, 4) is 0 Å². The second kappa shape index (κ2) is 5.07. The lowest BCUT2D eigenvalue weighted by molar-refractivity contribution is 0.0230. The van der Waals surface area contributed by atoms with E-state index in [1.54, 1.807) is 13.8 Å². The summed E-state index contributed by atoms with van der Waals surface area (Å²) in [6, 6.07) is -0.153. The summed E-state index contributed by atoms with van der Waals surface area (Å²) in [6.45, 7) is 5.64. The summed E-state index contributed by atoms with van der Waals surface area (Å²) in [5.41, 5.74) is 10.1. The number of hydrogen-bond donors (Lipinski definition) is 2. The monoisotopic (exact) mass is 188 g/mol. The van der Waals surface area contributed by atoms with Gasteiger partial charge in [-0.25, -0.2) is 4.79 Å². The van der Waals surface area contributed by atoms with Gasteiger partial charge in [0.25, 0.3) is 0 Å². The van der Waals surface area contributed by atoms with Crippen molar-refractivity contribution < 1.29 is 9.53 Å². The van der Waals surface area contributed by atoms with Crippen molar-refractivity contribution in [3.63, 3.8) is 0 Å². The van der Waals surface area contributed by atoms with E-state index >= 15 is 0 Å². The quantitative estimate of drug-likeness (QED) is 0.684. The minimum Gasteiger partial charge on any atom is -0.442 e. The molecule has 1 atom stereocenters. The van der Waals surface area contributed by atoms with E-state index in [4.69, 9.17) is 16.2 Å². The van der Waals surface area contributed by atoms with Crippen LogP contribution in [0.1, 0.15) is 40.0 Å². The number of nitrogens with two attached hydrogens (primary N) is 2. The maximum absolute atomic E-state index is 10.5. The maximum Gasteiger partial charge on any atom is 0.405 e. The first-order valence-corrected chi connectivity index (χ1v) is 4.64. The Hall–Kier alpha value is -0.770. The molecule has 0 spiro atoms. The van der Waals surface area contributed by atoms with Crippen LogP contribution in [0, 0.1) is 0 Å². The van der Waals surface area contributed by atoms with Crippen molar-refractivity contribution >= 4 is 6.09 Å². The van der Waals surface area contributed by atoms with Gasteiger partial charge in [-0.15, -0.1) is 0 Å². The van der Waals surface area contributed by atoms with Crippen LogP contribution in [-0.2, 0) is 4.74 Å². The summed E-state index contributed by atoms with van der Waals surface area (Å²) < 4.78 is 4.91. The number of rotatable bonds is 5. The lowest BCUT2D eigenvalue weighted by atomic mass is 9.95. The highest BCUT2D eigenvalue weighted by molar-refractivity contribution is 5.65. The van der Waals surface area contributed by atoms with Crippen LogP contribution in [0.4, 0.5) is 4.79 Å². The average molecular weight is 188 g/mol. The average Bonchev–Trinajstić information content (AvgIpc) is 1.97. The smallest absolute Gasteiger partial charge is 0.405 e. The Morgan fingerprint density at radius 3 is 2.46 bits per heavy atom. The summed E-state index contributed by atoms with van der Waals surface area (Å²) in [5, 5.41) is 0. The molecule has 13 heavy (non-hydrogen) atoms. The number of carbonyl (C=O) groups is 1. The highest BCUT2D eigenvalue weighted by atomic mass is 16.6. The van der Waals surface area contributed by atoms with Gasteiger partial charge >= 0.3 is 6.09 Å². The number of ether oxygens (including phenoxy) is 1. The van der Waals surface area contributed by atoms with Crippen LogP contribution in [0.2, 0.25) is 0 Å². The Bertz CT molecular complexity index is 169. The Labute approximate surface area is 79.6 Å². The largest absolute Gasteiger partial charge is 0.442 e. The van der Waals surface area contributed by atoms with Crippen molar-refractivity contribution in [1.82, 2.24) is 0 Å². The molecule has 0 aromatic rings. The van der Waals surface area contributed by atoms with Crippen LogP contribution in [0.25, 0.3) is 0 Å². The molecule has 0 bridgehead atoms. The van der Waals surface area contributed by atoms with E-state index in [-0.39, 0.29) is 6.04 Å². The highest BCUT2D eigenvalue weighted by Gasteiger charge is 2.29. The number of carbonyl (C=O) groups excluding carboxylic acids is 1. The van der Waals surface area contributed by atoms with Crippen LogP contribution < -0.4 is 11.5 Å². The molecule has 0 aromatic carbocycles. The van der Waals surface area contributed by atoms with Crippen molar-refractivity contribution in [2.24, 2.45) is 11.5 Å². The number of amides is 1. The molecule has 4 nitrogen and oxygen atoms in total. The minimum atomic E-state index is -0.767. The molecule has 0 aliphatic carbocycles. The maximum atomic E-state index is 10.5. The molecule has 4 N–H and O–H groups in total. The van der Waals surface area contributed by atoms with E-state index in [2.05, 4.69) is 6.92 Å². The van der Waals surface area contributed by atoms with Gasteiger partial charge in [0.2, 0.25) is 0 Å². The molecule has 0 aromatic heterocycles. The Balaban J connectivity index is 4.01. The molecule has 0 saturated carbocycles. The Morgan fingerprint density at radius 1 is 1.54 bits per heavy atom.